The maximum absolute atomic E-state index is 12.4. The van der Waals surface area contributed by atoms with Crippen molar-refractivity contribution in [2.24, 2.45) is 0 Å². The summed E-state index contributed by atoms with van der Waals surface area (Å²) >= 11 is 7.50. The van der Waals surface area contributed by atoms with Crippen molar-refractivity contribution in [1.82, 2.24) is 24.3 Å². The first-order valence-corrected chi connectivity index (χ1v) is 9.31. The highest BCUT2D eigenvalue weighted by molar-refractivity contribution is 7.17. The normalized spacial score (nSPS) is 11.6. The molecule has 4 heterocycles. The topological polar surface area (TPSA) is 83.4 Å². The van der Waals surface area contributed by atoms with E-state index in [-0.39, 0.29) is 18.0 Å². The molecule has 0 unspecified atom stereocenters. The van der Waals surface area contributed by atoms with Gasteiger partial charge in [0.15, 0.2) is 5.15 Å². The fourth-order valence-electron chi connectivity index (χ4n) is 2.71. The number of carbonyl (C=O) groups excluding carboxylic acids is 1. The van der Waals surface area contributed by atoms with Crippen LogP contribution in [0.15, 0.2) is 46.7 Å². The number of thiophene rings is 1. The number of hydrogen-bond donors (Lipinski definition) is 1. The second-order valence-electron chi connectivity index (χ2n) is 5.89. The van der Waals surface area contributed by atoms with Crippen LogP contribution in [0.4, 0.5) is 0 Å². The summed E-state index contributed by atoms with van der Waals surface area (Å²) in [6.45, 7) is 0.186. The Labute approximate surface area is 162 Å². The van der Waals surface area contributed by atoms with E-state index in [1.54, 1.807) is 23.6 Å². The molecular weight excluding hydrogens is 386 g/mol. The fraction of sp³-hybridized carbons (Fsp3) is 0.111. The van der Waals surface area contributed by atoms with Crippen molar-refractivity contribution in [3.8, 4) is 0 Å². The van der Waals surface area contributed by atoms with E-state index in [0.717, 1.165) is 0 Å². The number of aromatic nitrogens is 4. The van der Waals surface area contributed by atoms with Crippen molar-refractivity contribution in [3.05, 3.63) is 68.9 Å². The molecule has 136 valence electrons. The number of H-pyrrole nitrogens is 1. The highest BCUT2D eigenvalue weighted by Gasteiger charge is 2.12. The number of likely N-dealkylation sites (N-methyl/N-ethyl adjacent to an activating group) is 1. The minimum Gasteiger partial charge on any atom is -0.335 e. The van der Waals surface area contributed by atoms with Gasteiger partial charge >= 0.3 is 0 Å². The van der Waals surface area contributed by atoms with Crippen LogP contribution in [-0.2, 0) is 11.3 Å². The van der Waals surface area contributed by atoms with Gasteiger partial charge in [0.25, 0.3) is 5.56 Å². The smallest absolute Gasteiger partial charge is 0.268 e. The van der Waals surface area contributed by atoms with Crippen molar-refractivity contribution < 1.29 is 4.79 Å². The van der Waals surface area contributed by atoms with Crippen molar-refractivity contribution in [1.29, 1.82) is 0 Å². The third-order valence-electron chi connectivity index (χ3n) is 4.03. The summed E-state index contributed by atoms with van der Waals surface area (Å²) in [7, 11) is 1.64. The third kappa shape index (κ3) is 3.36. The van der Waals surface area contributed by atoms with Gasteiger partial charge in [0.2, 0.25) is 5.91 Å². The zero-order valence-corrected chi connectivity index (χ0v) is 15.8. The number of aromatic amines is 1. The standard InChI is InChI=1S/C18H14ClN5O2S/c1-23(10-13-20-11-7-9-27-16(11)18(26)21-13)15(25)6-5-12-17(19)22-14-4-2-3-8-24(12)14/h2-9H,10H2,1H3,(H,20,21,26)/b6-5+. The molecule has 0 radical (unpaired) electrons. The molecule has 4 aromatic rings. The van der Waals surface area contributed by atoms with Gasteiger partial charge in [-0.15, -0.1) is 11.3 Å². The number of rotatable bonds is 4. The van der Waals surface area contributed by atoms with Gasteiger partial charge in [0.05, 0.1) is 17.8 Å². The summed E-state index contributed by atoms with van der Waals surface area (Å²) in [4.78, 5) is 37.3. The molecule has 4 aromatic heterocycles. The maximum Gasteiger partial charge on any atom is 0.268 e. The van der Waals surface area contributed by atoms with Crippen LogP contribution < -0.4 is 5.56 Å². The summed E-state index contributed by atoms with van der Waals surface area (Å²) in [5, 5.41) is 2.13. The first-order valence-electron chi connectivity index (χ1n) is 8.05. The molecule has 1 N–H and O–H groups in total. The van der Waals surface area contributed by atoms with Crippen LogP contribution in [0.1, 0.15) is 11.5 Å². The lowest BCUT2D eigenvalue weighted by molar-refractivity contribution is -0.125. The number of nitrogens with one attached hydrogen (secondary N) is 1. The lowest BCUT2D eigenvalue weighted by Gasteiger charge is -2.14. The predicted molar refractivity (Wildman–Crippen MR) is 106 cm³/mol. The van der Waals surface area contributed by atoms with Crippen LogP contribution in [0, 0.1) is 0 Å². The number of pyridine rings is 1. The van der Waals surface area contributed by atoms with Crippen molar-refractivity contribution in [2.45, 2.75) is 6.54 Å². The van der Waals surface area contributed by atoms with Crippen molar-refractivity contribution in [2.75, 3.05) is 7.05 Å². The average molecular weight is 400 g/mol. The van der Waals surface area contributed by atoms with Crippen LogP contribution in [-0.4, -0.2) is 37.2 Å². The molecule has 0 spiro atoms. The zero-order valence-electron chi connectivity index (χ0n) is 14.2. The number of nitrogens with zero attached hydrogens (tertiary/aromatic N) is 4. The van der Waals surface area contributed by atoms with E-state index in [0.29, 0.717) is 32.5 Å². The zero-order chi connectivity index (χ0) is 19.0. The van der Waals surface area contributed by atoms with Crippen molar-refractivity contribution in [3.63, 3.8) is 0 Å². The molecule has 0 fully saturated rings. The van der Waals surface area contributed by atoms with E-state index < -0.39 is 0 Å². The average Bonchev–Trinajstić information content (AvgIpc) is 3.23. The highest BCUT2D eigenvalue weighted by atomic mass is 35.5. The molecule has 4 rings (SSSR count). The quantitative estimate of drug-likeness (QED) is 0.535. The van der Waals surface area contributed by atoms with Crippen molar-refractivity contribution >= 4 is 50.8 Å². The van der Waals surface area contributed by atoms with E-state index in [1.807, 2.05) is 29.8 Å². The maximum atomic E-state index is 12.4. The van der Waals surface area contributed by atoms with Gasteiger partial charge in [-0.25, -0.2) is 9.97 Å². The van der Waals surface area contributed by atoms with E-state index in [1.165, 1.54) is 22.3 Å². The van der Waals surface area contributed by atoms with Gasteiger partial charge in [0.1, 0.15) is 16.2 Å². The summed E-state index contributed by atoms with van der Waals surface area (Å²) in [5.41, 5.74) is 1.76. The Morgan fingerprint density at radius 1 is 1.37 bits per heavy atom. The number of imidazole rings is 1. The first-order chi connectivity index (χ1) is 13.0. The van der Waals surface area contributed by atoms with Gasteiger partial charge < -0.3 is 9.88 Å². The van der Waals surface area contributed by atoms with E-state index in [4.69, 9.17) is 11.6 Å². The monoisotopic (exact) mass is 399 g/mol. The molecule has 0 aliphatic heterocycles. The van der Waals surface area contributed by atoms with Gasteiger partial charge in [0, 0.05) is 19.3 Å². The second kappa shape index (κ2) is 6.98. The summed E-state index contributed by atoms with van der Waals surface area (Å²) in [6.07, 6.45) is 4.87. The molecule has 0 bridgehead atoms. The SMILES string of the molecule is CN(Cc1nc2ccsc2c(=O)[nH]1)C(=O)/C=C/c1c(Cl)nc2ccccn12. The molecular formula is C18H14ClN5O2S. The molecule has 27 heavy (non-hydrogen) atoms. The Balaban J connectivity index is 1.54. The third-order valence-corrected chi connectivity index (χ3v) is 5.21. The lowest BCUT2D eigenvalue weighted by atomic mass is 10.3. The molecule has 0 saturated carbocycles. The minimum atomic E-state index is -0.245. The van der Waals surface area contributed by atoms with Crippen LogP contribution in [0.2, 0.25) is 5.15 Å². The summed E-state index contributed by atoms with van der Waals surface area (Å²) in [6, 6.07) is 7.34. The molecule has 9 heteroatoms. The van der Waals surface area contributed by atoms with E-state index >= 15 is 0 Å². The Kier molecular flexibility index (Phi) is 4.51. The Morgan fingerprint density at radius 2 is 2.22 bits per heavy atom. The van der Waals surface area contributed by atoms with Crippen LogP contribution in [0.25, 0.3) is 21.9 Å². The number of carbonyl (C=O) groups is 1. The highest BCUT2D eigenvalue weighted by Crippen LogP contribution is 2.19. The Morgan fingerprint density at radius 3 is 3.07 bits per heavy atom. The van der Waals surface area contributed by atoms with Gasteiger partial charge in [-0.2, -0.15) is 0 Å². The molecule has 0 saturated heterocycles. The fourth-order valence-corrected chi connectivity index (χ4v) is 3.68. The summed E-state index contributed by atoms with van der Waals surface area (Å²) < 4.78 is 2.38. The lowest BCUT2D eigenvalue weighted by Crippen LogP contribution is -2.26. The Hall–Kier alpha value is -2.97. The number of amides is 1. The van der Waals surface area contributed by atoms with Crippen LogP contribution in [0.3, 0.4) is 0 Å². The molecule has 0 aromatic carbocycles. The second-order valence-corrected chi connectivity index (χ2v) is 7.17. The van der Waals surface area contributed by atoms with Gasteiger partial charge in [-0.3, -0.25) is 14.0 Å². The number of halogens is 1. The number of fused-ring (bicyclic) bond motifs is 2. The molecule has 1 amide bonds. The molecule has 0 aliphatic carbocycles. The van der Waals surface area contributed by atoms with E-state index in [9.17, 15) is 9.59 Å². The molecule has 7 nitrogen and oxygen atoms in total. The summed E-state index contributed by atoms with van der Waals surface area (Å²) in [5.74, 6) is 0.188. The predicted octanol–water partition coefficient (Wildman–Crippen LogP) is 2.96. The van der Waals surface area contributed by atoms with Crippen LogP contribution >= 0.6 is 22.9 Å². The Bertz CT molecular complexity index is 1240. The minimum absolute atomic E-state index is 0.186. The number of hydrogen-bond acceptors (Lipinski definition) is 5. The van der Waals surface area contributed by atoms with Crippen LogP contribution in [0.5, 0.6) is 0 Å². The first kappa shape index (κ1) is 17.4. The molecule has 0 aliphatic rings. The van der Waals surface area contributed by atoms with Gasteiger partial charge in [-0.05, 0) is 29.7 Å². The van der Waals surface area contributed by atoms with Gasteiger partial charge in [-0.1, -0.05) is 17.7 Å². The molecule has 0 atom stereocenters. The van der Waals surface area contributed by atoms with E-state index in [2.05, 4.69) is 15.0 Å². The largest absolute Gasteiger partial charge is 0.335 e.